The minimum absolute atomic E-state index is 0.0371. The molecule has 0 radical (unpaired) electrons. The summed E-state index contributed by atoms with van der Waals surface area (Å²) in [6.45, 7) is 5.69. The van der Waals surface area contributed by atoms with Gasteiger partial charge in [-0.05, 0) is 51.2 Å². The lowest BCUT2D eigenvalue weighted by Gasteiger charge is -2.22. The summed E-state index contributed by atoms with van der Waals surface area (Å²) in [5, 5.41) is 14.7. The number of hydrogen-bond acceptors (Lipinski definition) is 7. The van der Waals surface area contributed by atoms with Crippen molar-refractivity contribution < 1.29 is 27.9 Å². The average molecular weight is 512 g/mol. The van der Waals surface area contributed by atoms with Crippen LogP contribution in [0.1, 0.15) is 65.4 Å². The van der Waals surface area contributed by atoms with Crippen molar-refractivity contribution in [2.75, 3.05) is 11.9 Å². The summed E-state index contributed by atoms with van der Waals surface area (Å²) < 4.78 is 39.5. The number of thiazole rings is 1. The molecule has 8 nitrogen and oxygen atoms in total. The van der Waals surface area contributed by atoms with E-state index in [0.29, 0.717) is 29.0 Å². The zero-order chi connectivity index (χ0) is 25.5. The van der Waals surface area contributed by atoms with E-state index >= 15 is 0 Å². The van der Waals surface area contributed by atoms with E-state index in [9.17, 15) is 27.9 Å². The molecular weight excluding hydrogens is 483 g/mol. The summed E-state index contributed by atoms with van der Waals surface area (Å²) in [6, 6.07) is -0.529. The molecule has 2 aromatic rings. The molecule has 2 fully saturated rings. The second-order valence-electron chi connectivity index (χ2n) is 9.10. The van der Waals surface area contributed by atoms with Gasteiger partial charge >= 0.3 is 6.18 Å². The van der Waals surface area contributed by atoms with Gasteiger partial charge in [-0.15, -0.1) is 11.3 Å². The first kappa shape index (κ1) is 25.4. The van der Waals surface area contributed by atoms with Gasteiger partial charge in [0.05, 0.1) is 17.0 Å². The molecule has 0 aromatic carbocycles. The van der Waals surface area contributed by atoms with Crippen LogP contribution in [0.2, 0.25) is 0 Å². The van der Waals surface area contributed by atoms with E-state index < -0.39 is 24.2 Å². The highest BCUT2D eigenvalue weighted by atomic mass is 32.1. The molecule has 1 saturated heterocycles. The van der Waals surface area contributed by atoms with Gasteiger partial charge in [0.1, 0.15) is 17.6 Å². The van der Waals surface area contributed by atoms with Gasteiger partial charge in [-0.2, -0.15) is 13.2 Å². The molecule has 1 aliphatic carbocycles. The number of aliphatic hydroxyl groups excluding tert-OH is 1. The molecule has 190 valence electrons. The van der Waals surface area contributed by atoms with Crippen molar-refractivity contribution in [3.8, 4) is 10.4 Å². The number of aryl methyl sites for hydroxylation is 1. The molecule has 1 aliphatic heterocycles. The number of carbonyl (C=O) groups is 2. The molecule has 2 aromatic heterocycles. The molecule has 0 unspecified atom stereocenters. The molecular formula is C23H28F3N5O3S. The van der Waals surface area contributed by atoms with Crippen molar-refractivity contribution in [1.29, 1.82) is 0 Å². The molecule has 35 heavy (non-hydrogen) atoms. The number of carbonyl (C=O) groups excluding carboxylic acids is 2. The zero-order valence-corrected chi connectivity index (χ0v) is 20.5. The van der Waals surface area contributed by atoms with Crippen LogP contribution in [0.15, 0.2) is 12.3 Å². The maximum absolute atomic E-state index is 13.4. The number of amides is 2. The van der Waals surface area contributed by atoms with E-state index in [4.69, 9.17) is 0 Å². The zero-order valence-electron chi connectivity index (χ0n) is 19.6. The Morgan fingerprint density at radius 2 is 2.09 bits per heavy atom. The van der Waals surface area contributed by atoms with Gasteiger partial charge in [0, 0.05) is 24.3 Å². The summed E-state index contributed by atoms with van der Waals surface area (Å²) >= 11 is 1.03. The number of pyridine rings is 1. The molecule has 4 rings (SSSR count). The number of aromatic nitrogens is 2. The molecule has 3 heterocycles. The van der Waals surface area contributed by atoms with Crippen LogP contribution in [0.4, 0.5) is 19.0 Å². The van der Waals surface area contributed by atoms with Crippen molar-refractivity contribution in [2.45, 2.75) is 76.9 Å². The summed E-state index contributed by atoms with van der Waals surface area (Å²) in [6.07, 6.45) is -1.53. The minimum Gasteiger partial charge on any atom is -0.391 e. The Morgan fingerprint density at radius 3 is 2.63 bits per heavy atom. The Hall–Kier alpha value is -2.73. The first-order valence-corrected chi connectivity index (χ1v) is 12.4. The number of likely N-dealkylation sites (tertiary alicyclic amines) is 1. The Bertz CT molecular complexity index is 1120. The van der Waals surface area contributed by atoms with Crippen LogP contribution in [0.25, 0.3) is 10.4 Å². The third-order valence-electron chi connectivity index (χ3n) is 6.39. The summed E-state index contributed by atoms with van der Waals surface area (Å²) in [7, 11) is 0. The van der Waals surface area contributed by atoms with Crippen LogP contribution >= 0.6 is 11.3 Å². The molecule has 0 bridgehead atoms. The van der Waals surface area contributed by atoms with Crippen molar-refractivity contribution in [2.24, 2.45) is 0 Å². The third kappa shape index (κ3) is 5.43. The summed E-state index contributed by atoms with van der Waals surface area (Å²) in [5.74, 6) is -0.704. The van der Waals surface area contributed by atoms with Gasteiger partial charge < -0.3 is 20.6 Å². The maximum Gasteiger partial charge on any atom is 0.408 e. The lowest BCUT2D eigenvalue weighted by molar-refractivity contribution is -0.142. The smallest absolute Gasteiger partial charge is 0.391 e. The number of nitrogens with one attached hydrogen (secondary N) is 2. The van der Waals surface area contributed by atoms with Crippen LogP contribution in [-0.2, 0) is 0 Å². The first-order chi connectivity index (χ1) is 16.5. The van der Waals surface area contributed by atoms with Crippen LogP contribution in [0.3, 0.4) is 0 Å². The molecule has 12 heteroatoms. The lowest BCUT2D eigenvalue weighted by atomic mass is 10.1. The largest absolute Gasteiger partial charge is 0.408 e. The second kappa shape index (κ2) is 9.73. The Balaban J connectivity index is 1.67. The Labute approximate surface area is 205 Å². The molecule has 2 aliphatic rings. The van der Waals surface area contributed by atoms with Crippen LogP contribution < -0.4 is 10.6 Å². The fraction of sp³-hybridized carbons (Fsp3) is 0.565. The second-order valence-corrected chi connectivity index (χ2v) is 10.1. The fourth-order valence-corrected chi connectivity index (χ4v) is 5.18. The summed E-state index contributed by atoms with van der Waals surface area (Å²) in [4.78, 5) is 36.8. The SMILES string of the molecule is CC[C@H](Nc1cc(C)c(-c2sc(C(=O)N[C@H]3C[C@@H]3O)nc2C(=O)N2CCC[C@@H]2C)cn1)C(F)(F)F. The number of anilines is 1. The van der Waals surface area contributed by atoms with E-state index in [0.717, 1.165) is 24.2 Å². The predicted octanol–water partition coefficient (Wildman–Crippen LogP) is 3.75. The fourth-order valence-electron chi connectivity index (χ4n) is 4.15. The van der Waals surface area contributed by atoms with Crippen LogP contribution in [0, 0.1) is 6.92 Å². The normalized spacial score (nSPS) is 22.7. The van der Waals surface area contributed by atoms with Crippen molar-refractivity contribution >= 4 is 29.0 Å². The van der Waals surface area contributed by atoms with E-state index in [2.05, 4.69) is 20.6 Å². The summed E-state index contributed by atoms with van der Waals surface area (Å²) in [5.41, 5.74) is 1.24. The predicted molar refractivity (Wildman–Crippen MR) is 125 cm³/mol. The Morgan fingerprint density at radius 1 is 1.37 bits per heavy atom. The van der Waals surface area contributed by atoms with E-state index in [1.807, 2.05) is 6.92 Å². The number of alkyl halides is 3. The minimum atomic E-state index is -4.41. The first-order valence-electron chi connectivity index (χ1n) is 11.6. The maximum atomic E-state index is 13.4. The van der Waals surface area contributed by atoms with Crippen molar-refractivity contribution in [3.05, 3.63) is 28.5 Å². The molecule has 0 spiro atoms. The van der Waals surface area contributed by atoms with Crippen LogP contribution in [0.5, 0.6) is 0 Å². The molecule has 1 saturated carbocycles. The standard InChI is InChI=1S/C23H28F3N5O3S/c1-4-16(23(24,25)26)29-17-8-11(2)13(10-27-17)19-18(22(34)31-7-5-6-12(31)3)30-21(35-19)20(33)28-14-9-15(14)32/h8,10,12,14-16,32H,4-7,9H2,1-3H3,(H,27,29)(H,28,33)/t12-,14-,15-,16-/m0/s1. The topological polar surface area (TPSA) is 107 Å². The number of aliphatic hydroxyl groups is 1. The van der Waals surface area contributed by atoms with Crippen LogP contribution in [-0.4, -0.2) is 68.7 Å². The number of rotatable bonds is 7. The average Bonchev–Trinajstić information content (AvgIpc) is 3.16. The molecule has 2 amide bonds. The number of hydrogen-bond donors (Lipinski definition) is 3. The Kier molecular flexibility index (Phi) is 7.05. The van der Waals surface area contributed by atoms with Gasteiger partial charge in [-0.25, -0.2) is 9.97 Å². The van der Waals surface area contributed by atoms with Gasteiger partial charge in [0.15, 0.2) is 5.01 Å². The van der Waals surface area contributed by atoms with Gasteiger partial charge in [-0.3, -0.25) is 9.59 Å². The highest BCUT2D eigenvalue weighted by Gasteiger charge is 2.39. The molecule has 3 N–H and O–H groups in total. The van der Waals surface area contributed by atoms with Gasteiger partial charge in [-0.1, -0.05) is 6.92 Å². The van der Waals surface area contributed by atoms with Gasteiger partial charge in [0.25, 0.3) is 11.8 Å². The van der Waals surface area contributed by atoms with E-state index in [1.54, 1.807) is 11.8 Å². The highest BCUT2D eigenvalue weighted by molar-refractivity contribution is 7.17. The molecule has 4 atom stereocenters. The number of nitrogens with zero attached hydrogens (tertiary/aromatic N) is 3. The highest BCUT2D eigenvalue weighted by Crippen LogP contribution is 2.36. The lowest BCUT2D eigenvalue weighted by Crippen LogP contribution is -2.35. The quantitative estimate of drug-likeness (QED) is 0.523. The third-order valence-corrected chi connectivity index (χ3v) is 7.48. The van der Waals surface area contributed by atoms with E-state index in [1.165, 1.54) is 19.2 Å². The van der Waals surface area contributed by atoms with Gasteiger partial charge in [0.2, 0.25) is 0 Å². The van der Waals surface area contributed by atoms with Crippen molar-refractivity contribution in [1.82, 2.24) is 20.2 Å². The number of halogens is 3. The van der Waals surface area contributed by atoms with Crippen molar-refractivity contribution in [3.63, 3.8) is 0 Å². The van der Waals surface area contributed by atoms with E-state index in [-0.39, 0.29) is 40.9 Å². The monoisotopic (exact) mass is 511 g/mol.